The van der Waals surface area contributed by atoms with E-state index in [0.29, 0.717) is 12.5 Å². The number of carbonyl (C=O) groups excluding carboxylic acids is 1. The van der Waals surface area contributed by atoms with Gasteiger partial charge in [0, 0.05) is 6.42 Å². The second kappa shape index (κ2) is 4.97. The molecule has 1 aromatic carbocycles. The van der Waals surface area contributed by atoms with Crippen LogP contribution in [-0.4, -0.2) is 11.9 Å². The molecule has 0 spiro atoms. The maximum Gasteiger partial charge on any atom is 0.155 e. The first-order chi connectivity index (χ1) is 8.81. The first-order valence-electron chi connectivity index (χ1n) is 6.82. The lowest BCUT2D eigenvalue weighted by Gasteiger charge is -2.09. The number of hydrogen-bond donors (Lipinski definition) is 0. The Hall–Kier alpha value is -1.57. The van der Waals surface area contributed by atoms with Crippen molar-refractivity contribution in [2.75, 3.05) is 0 Å². The minimum absolute atomic E-state index is 0.260. The molecule has 0 saturated heterocycles. The Balaban J connectivity index is 1.83. The first kappa shape index (κ1) is 11.5. The van der Waals surface area contributed by atoms with Gasteiger partial charge < -0.3 is 4.74 Å². The van der Waals surface area contributed by atoms with Gasteiger partial charge in [-0.1, -0.05) is 12.1 Å². The number of rotatable bonds is 3. The van der Waals surface area contributed by atoms with Crippen molar-refractivity contribution in [3.05, 3.63) is 35.9 Å². The second-order valence-corrected chi connectivity index (χ2v) is 5.19. The van der Waals surface area contributed by atoms with Crippen LogP contribution in [0.15, 0.2) is 30.3 Å². The molecule has 0 bridgehead atoms. The molecule has 0 aromatic heterocycles. The van der Waals surface area contributed by atoms with Gasteiger partial charge in [0.15, 0.2) is 5.78 Å². The Labute approximate surface area is 108 Å². The van der Waals surface area contributed by atoms with Crippen molar-refractivity contribution in [3.8, 4) is 5.75 Å². The second-order valence-electron chi connectivity index (χ2n) is 5.19. The third kappa shape index (κ3) is 2.81. The first-order valence-corrected chi connectivity index (χ1v) is 6.82. The highest BCUT2D eigenvalue weighted by atomic mass is 16.5. The monoisotopic (exact) mass is 242 g/mol. The minimum atomic E-state index is 0.260. The summed E-state index contributed by atoms with van der Waals surface area (Å²) >= 11 is 0. The molecule has 94 valence electrons. The SMILES string of the molecule is O=C1C=C(c2cccc(OC3CC3)c2)CCCC1. The van der Waals surface area contributed by atoms with Crippen LogP contribution < -0.4 is 4.74 Å². The summed E-state index contributed by atoms with van der Waals surface area (Å²) in [7, 11) is 0. The van der Waals surface area contributed by atoms with Gasteiger partial charge >= 0.3 is 0 Å². The predicted molar refractivity (Wildman–Crippen MR) is 71.5 cm³/mol. The normalized spacial score (nSPS) is 20.2. The van der Waals surface area contributed by atoms with Gasteiger partial charge in [0.2, 0.25) is 0 Å². The molecule has 0 N–H and O–H groups in total. The van der Waals surface area contributed by atoms with Crippen molar-refractivity contribution < 1.29 is 9.53 Å². The van der Waals surface area contributed by atoms with E-state index in [1.807, 2.05) is 18.2 Å². The summed E-state index contributed by atoms with van der Waals surface area (Å²) in [6, 6.07) is 8.16. The Morgan fingerprint density at radius 3 is 2.78 bits per heavy atom. The van der Waals surface area contributed by atoms with Crippen molar-refractivity contribution >= 4 is 11.4 Å². The summed E-state index contributed by atoms with van der Waals surface area (Å²) < 4.78 is 5.80. The summed E-state index contributed by atoms with van der Waals surface area (Å²) in [5, 5.41) is 0. The molecule has 0 heterocycles. The van der Waals surface area contributed by atoms with Crippen LogP contribution in [0.2, 0.25) is 0 Å². The molecule has 2 aliphatic carbocycles. The van der Waals surface area contributed by atoms with Crippen molar-refractivity contribution in [1.29, 1.82) is 0 Å². The van der Waals surface area contributed by atoms with Crippen LogP contribution in [0, 0.1) is 0 Å². The molecule has 2 aliphatic rings. The Morgan fingerprint density at radius 2 is 1.94 bits per heavy atom. The third-order valence-corrected chi connectivity index (χ3v) is 3.49. The van der Waals surface area contributed by atoms with Gasteiger partial charge in [0.25, 0.3) is 0 Å². The molecule has 2 heteroatoms. The summed E-state index contributed by atoms with van der Waals surface area (Å²) in [5.41, 5.74) is 2.31. The van der Waals surface area contributed by atoms with Crippen LogP contribution in [0.25, 0.3) is 5.57 Å². The molecule has 1 fully saturated rings. The van der Waals surface area contributed by atoms with E-state index in [-0.39, 0.29) is 5.78 Å². The van der Waals surface area contributed by atoms with E-state index in [1.165, 1.54) is 18.4 Å². The molecule has 2 nitrogen and oxygen atoms in total. The fourth-order valence-corrected chi connectivity index (χ4v) is 2.33. The van der Waals surface area contributed by atoms with E-state index >= 15 is 0 Å². The number of carbonyl (C=O) groups is 1. The van der Waals surface area contributed by atoms with Gasteiger partial charge in [-0.15, -0.1) is 0 Å². The summed E-state index contributed by atoms with van der Waals surface area (Å²) in [4.78, 5) is 11.6. The molecule has 0 unspecified atom stereocenters. The van der Waals surface area contributed by atoms with Crippen molar-refractivity contribution in [3.63, 3.8) is 0 Å². The van der Waals surface area contributed by atoms with E-state index in [2.05, 4.69) is 12.1 Å². The van der Waals surface area contributed by atoms with Crippen LogP contribution in [0.4, 0.5) is 0 Å². The maximum absolute atomic E-state index is 11.6. The lowest BCUT2D eigenvalue weighted by Crippen LogP contribution is -1.96. The van der Waals surface area contributed by atoms with Crippen molar-refractivity contribution in [2.45, 2.75) is 44.6 Å². The molecule has 1 aromatic rings. The van der Waals surface area contributed by atoms with Crippen LogP contribution in [0.1, 0.15) is 44.1 Å². The standard InChI is InChI=1S/C16H18O2/c17-14-6-2-1-4-12(10-14)13-5-3-7-16(11-13)18-15-8-9-15/h3,5,7,10-11,15H,1-2,4,6,8-9H2. The Morgan fingerprint density at radius 1 is 1.11 bits per heavy atom. The highest BCUT2D eigenvalue weighted by molar-refractivity contribution is 5.97. The zero-order valence-corrected chi connectivity index (χ0v) is 10.5. The lowest BCUT2D eigenvalue weighted by molar-refractivity contribution is -0.114. The van der Waals surface area contributed by atoms with Crippen LogP contribution in [0.5, 0.6) is 5.75 Å². The lowest BCUT2D eigenvalue weighted by atomic mass is 10.0. The summed E-state index contributed by atoms with van der Waals surface area (Å²) in [6.45, 7) is 0. The molecule has 18 heavy (non-hydrogen) atoms. The molecule has 0 radical (unpaired) electrons. The van der Waals surface area contributed by atoms with Gasteiger partial charge in [0.1, 0.15) is 5.75 Å². The van der Waals surface area contributed by atoms with Crippen molar-refractivity contribution in [1.82, 2.24) is 0 Å². The van der Waals surface area contributed by atoms with Crippen LogP contribution in [0.3, 0.4) is 0 Å². The van der Waals surface area contributed by atoms with Crippen LogP contribution in [-0.2, 0) is 4.79 Å². The van der Waals surface area contributed by atoms with Gasteiger partial charge in [-0.3, -0.25) is 4.79 Å². The van der Waals surface area contributed by atoms with Crippen LogP contribution >= 0.6 is 0 Å². The fraction of sp³-hybridized carbons (Fsp3) is 0.438. The zero-order chi connectivity index (χ0) is 12.4. The van der Waals surface area contributed by atoms with E-state index in [1.54, 1.807) is 0 Å². The largest absolute Gasteiger partial charge is 0.490 e. The molecular weight excluding hydrogens is 224 g/mol. The quantitative estimate of drug-likeness (QED) is 0.806. The smallest absolute Gasteiger partial charge is 0.155 e. The number of ether oxygens (including phenoxy) is 1. The zero-order valence-electron chi connectivity index (χ0n) is 10.5. The van der Waals surface area contributed by atoms with Crippen molar-refractivity contribution in [2.24, 2.45) is 0 Å². The molecule has 3 rings (SSSR count). The summed E-state index contributed by atoms with van der Waals surface area (Å²) in [5.74, 6) is 1.20. The number of ketones is 1. The number of benzene rings is 1. The highest BCUT2D eigenvalue weighted by Gasteiger charge is 2.23. The Kier molecular flexibility index (Phi) is 3.18. The van der Waals surface area contributed by atoms with E-state index < -0.39 is 0 Å². The van der Waals surface area contributed by atoms with Gasteiger partial charge in [-0.2, -0.15) is 0 Å². The topological polar surface area (TPSA) is 26.3 Å². The molecule has 0 atom stereocenters. The minimum Gasteiger partial charge on any atom is -0.490 e. The molecular formula is C16H18O2. The predicted octanol–water partition coefficient (Wildman–Crippen LogP) is 3.75. The molecule has 0 aliphatic heterocycles. The maximum atomic E-state index is 11.6. The fourth-order valence-electron chi connectivity index (χ4n) is 2.33. The third-order valence-electron chi connectivity index (χ3n) is 3.49. The van der Waals surface area contributed by atoms with Gasteiger partial charge in [0.05, 0.1) is 6.10 Å². The Bertz CT molecular complexity index is 484. The van der Waals surface area contributed by atoms with E-state index in [4.69, 9.17) is 4.74 Å². The number of hydrogen-bond acceptors (Lipinski definition) is 2. The average molecular weight is 242 g/mol. The van der Waals surface area contributed by atoms with E-state index in [9.17, 15) is 4.79 Å². The van der Waals surface area contributed by atoms with Gasteiger partial charge in [-0.25, -0.2) is 0 Å². The summed E-state index contributed by atoms with van der Waals surface area (Å²) in [6.07, 6.45) is 8.40. The number of allylic oxidation sites excluding steroid dienone is 2. The molecule has 0 amide bonds. The molecule has 1 saturated carbocycles. The van der Waals surface area contributed by atoms with Gasteiger partial charge in [-0.05, 0) is 61.4 Å². The average Bonchev–Trinajstić information content (AvgIpc) is 3.18. The highest BCUT2D eigenvalue weighted by Crippen LogP contribution is 2.30. The van der Waals surface area contributed by atoms with E-state index in [0.717, 1.165) is 30.6 Å².